The van der Waals surface area contributed by atoms with Crippen LogP contribution < -0.4 is 10.1 Å². The summed E-state index contributed by atoms with van der Waals surface area (Å²) < 4.78 is 41.6. The van der Waals surface area contributed by atoms with E-state index in [0.29, 0.717) is 5.69 Å². The molecule has 112 valence electrons. The Bertz CT molecular complexity index is 437. The Morgan fingerprint density at radius 2 is 2.10 bits per heavy atom. The first-order chi connectivity index (χ1) is 9.44. The van der Waals surface area contributed by atoms with Crippen molar-refractivity contribution in [3.05, 3.63) is 24.3 Å². The number of rotatable bonds is 4. The highest BCUT2D eigenvalue weighted by atomic mass is 19.4. The van der Waals surface area contributed by atoms with Crippen molar-refractivity contribution < 1.29 is 17.9 Å². The van der Waals surface area contributed by atoms with E-state index >= 15 is 0 Å². The first kappa shape index (κ1) is 15.0. The van der Waals surface area contributed by atoms with E-state index in [4.69, 9.17) is 4.74 Å². The van der Waals surface area contributed by atoms with Gasteiger partial charge in [-0.3, -0.25) is 0 Å². The summed E-state index contributed by atoms with van der Waals surface area (Å²) >= 11 is 0. The second-order valence-electron chi connectivity index (χ2n) is 5.15. The van der Waals surface area contributed by atoms with Crippen molar-refractivity contribution in [3.8, 4) is 5.75 Å². The molecule has 1 aliphatic rings. The van der Waals surface area contributed by atoms with Crippen molar-refractivity contribution in [1.82, 2.24) is 4.90 Å². The third kappa shape index (κ3) is 4.59. The normalized spacial score (nSPS) is 20.7. The van der Waals surface area contributed by atoms with E-state index in [-0.39, 0.29) is 11.8 Å². The minimum absolute atomic E-state index is 0.240. The molecule has 0 saturated carbocycles. The number of nitrogens with one attached hydrogen (secondary N) is 1. The Balaban J connectivity index is 2.00. The van der Waals surface area contributed by atoms with E-state index in [2.05, 4.69) is 10.2 Å². The van der Waals surface area contributed by atoms with Gasteiger partial charge in [-0.05, 0) is 38.6 Å². The lowest BCUT2D eigenvalue weighted by Gasteiger charge is -2.31. The van der Waals surface area contributed by atoms with E-state index in [9.17, 15) is 13.2 Å². The number of para-hydroxylation sites is 2. The Hall–Kier alpha value is -1.43. The Labute approximate surface area is 116 Å². The molecule has 1 fully saturated rings. The summed E-state index contributed by atoms with van der Waals surface area (Å²) in [6.45, 7) is 0.675. The fourth-order valence-corrected chi connectivity index (χ4v) is 2.38. The fraction of sp³-hybridized carbons (Fsp3) is 0.571. The summed E-state index contributed by atoms with van der Waals surface area (Å²) in [5.41, 5.74) is 0.622. The molecule has 0 bridgehead atoms. The van der Waals surface area contributed by atoms with Gasteiger partial charge in [-0.25, -0.2) is 0 Å². The van der Waals surface area contributed by atoms with Crippen LogP contribution in [0.3, 0.4) is 0 Å². The van der Waals surface area contributed by atoms with Crippen LogP contribution in [0.15, 0.2) is 24.3 Å². The average molecular weight is 288 g/mol. The molecule has 0 spiro atoms. The van der Waals surface area contributed by atoms with E-state index < -0.39 is 12.8 Å². The number of likely N-dealkylation sites (N-methyl/N-ethyl adjacent to an activating group) is 1. The molecule has 0 aliphatic carbocycles. The summed E-state index contributed by atoms with van der Waals surface area (Å²) in [6.07, 6.45) is -2.23. The van der Waals surface area contributed by atoms with Crippen LogP contribution in [0.2, 0.25) is 0 Å². The summed E-state index contributed by atoms with van der Waals surface area (Å²) in [5, 5.41) is 3.28. The third-order valence-corrected chi connectivity index (χ3v) is 3.26. The molecule has 1 aromatic rings. The molecule has 20 heavy (non-hydrogen) atoms. The lowest BCUT2D eigenvalue weighted by Crippen LogP contribution is -2.39. The Morgan fingerprint density at radius 3 is 2.80 bits per heavy atom. The van der Waals surface area contributed by atoms with Gasteiger partial charge in [0, 0.05) is 12.6 Å². The minimum Gasteiger partial charge on any atom is -0.482 e. The SMILES string of the molecule is CN1CCCC(Nc2ccccc2OCC(F)(F)F)C1. The molecule has 1 N–H and O–H groups in total. The molecule has 0 amide bonds. The van der Waals surface area contributed by atoms with Crippen molar-refractivity contribution in [2.45, 2.75) is 25.1 Å². The number of hydrogen-bond acceptors (Lipinski definition) is 3. The average Bonchev–Trinajstić information content (AvgIpc) is 2.37. The number of benzene rings is 1. The second kappa shape index (κ2) is 6.35. The number of halogens is 3. The molecule has 0 radical (unpaired) electrons. The first-order valence-electron chi connectivity index (χ1n) is 6.68. The van der Waals surface area contributed by atoms with Crippen molar-refractivity contribution in [2.24, 2.45) is 0 Å². The maximum Gasteiger partial charge on any atom is 0.422 e. The standard InChI is InChI=1S/C14H19F3N2O/c1-19-8-4-5-11(9-19)18-12-6-2-3-7-13(12)20-10-14(15,16)17/h2-3,6-7,11,18H,4-5,8-10H2,1H3. The Morgan fingerprint density at radius 1 is 1.35 bits per heavy atom. The second-order valence-corrected chi connectivity index (χ2v) is 5.15. The summed E-state index contributed by atoms with van der Waals surface area (Å²) in [4.78, 5) is 2.21. The number of hydrogen-bond donors (Lipinski definition) is 1. The zero-order valence-corrected chi connectivity index (χ0v) is 11.4. The van der Waals surface area contributed by atoms with Gasteiger partial charge in [0.05, 0.1) is 5.69 Å². The molecule has 1 saturated heterocycles. The molecule has 0 aromatic heterocycles. The van der Waals surface area contributed by atoms with Gasteiger partial charge in [-0.15, -0.1) is 0 Å². The van der Waals surface area contributed by atoms with Crippen molar-refractivity contribution in [1.29, 1.82) is 0 Å². The van der Waals surface area contributed by atoms with Gasteiger partial charge in [-0.2, -0.15) is 13.2 Å². The molecular formula is C14H19F3N2O. The highest BCUT2D eigenvalue weighted by Gasteiger charge is 2.29. The molecule has 1 aromatic carbocycles. The largest absolute Gasteiger partial charge is 0.482 e. The number of ether oxygens (including phenoxy) is 1. The van der Waals surface area contributed by atoms with Gasteiger partial charge in [0.1, 0.15) is 5.75 Å². The van der Waals surface area contributed by atoms with Gasteiger partial charge in [0.25, 0.3) is 0 Å². The quantitative estimate of drug-likeness (QED) is 0.921. The molecule has 3 nitrogen and oxygen atoms in total. The maximum atomic E-state index is 12.2. The van der Waals surface area contributed by atoms with Crippen LogP contribution in [0.4, 0.5) is 18.9 Å². The first-order valence-corrected chi connectivity index (χ1v) is 6.68. The summed E-state index contributed by atoms with van der Waals surface area (Å²) in [7, 11) is 2.04. The van der Waals surface area contributed by atoms with E-state index in [1.165, 1.54) is 0 Å². The molecule has 6 heteroatoms. The van der Waals surface area contributed by atoms with Gasteiger partial charge in [0.2, 0.25) is 0 Å². The predicted octanol–water partition coefficient (Wildman–Crippen LogP) is 3.13. The van der Waals surface area contributed by atoms with Crippen LogP contribution >= 0.6 is 0 Å². The van der Waals surface area contributed by atoms with Crippen molar-refractivity contribution >= 4 is 5.69 Å². The van der Waals surface area contributed by atoms with E-state index in [1.807, 2.05) is 7.05 Å². The summed E-state index contributed by atoms with van der Waals surface area (Å²) in [6, 6.07) is 7.00. The highest BCUT2D eigenvalue weighted by molar-refractivity contribution is 5.56. The molecule has 2 rings (SSSR count). The minimum atomic E-state index is -4.32. The third-order valence-electron chi connectivity index (χ3n) is 3.26. The predicted molar refractivity (Wildman–Crippen MR) is 72.1 cm³/mol. The number of anilines is 1. The molecule has 1 unspecified atom stereocenters. The topological polar surface area (TPSA) is 24.5 Å². The lowest BCUT2D eigenvalue weighted by molar-refractivity contribution is -0.153. The highest BCUT2D eigenvalue weighted by Crippen LogP contribution is 2.28. The summed E-state index contributed by atoms with van der Waals surface area (Å²) in [5.74, 6) is 0.248. The van der Waals surface area contributed by atoms with Crippen LogP contribution in [0.5, 0.6) is 5.75 Å². The van der Waals surface area contributed by atoms with Gasteiger partial charge < -0.3 is 15.0 Å². The van der Waals surface area contributed by atoms with Crippen LogP contribution in [-0.4, -0.2) is 43.9 Å². The van der Waals surface area contributed by atoms with Crippen molar-refractivity contribution in [3.63, 3.8) is 0 Å². The van der Waals surface area contributed by atoms with Gasteiger partial charge in [0.15, 0.2) is 6.61 Å². The van der Waals surface area contributed by atoms with Crippen LogP contribution in [0, 0.1) is 0 Å². The number of piperidine rings is 1. The number of nitrogens with zero attached hydrogens (tertiary/aromatic N) is 1. The molecular weight excluding hydrogens is 269 g/mol. The zero-order valence-electron chi connectivity index (χ0n) is 11.4. The maximum absolute atomic E-state index is 12.2. The monoisotopic (exact) mass is 288 g/mol. The van der Waals surface area contributed by atoms with E-state index in [1.54, 1.807) is 24.3 Å². The lowest BCUT2D eigenvalue weighted by atomic mass is 10.1. The zero-order chi connectivity index (χ0) is 14.6. The van der Waals surface area contributed by atoms with E-state index in [0.717, 1.165) is 25.9 Å². The number of alkyl halides is 3. The van der Waals surface area contributed by atoms with Crippen LogP contribution in [-0.2, 0) is 0 Å². The van der Waals surface area contributed by atoms with Crippen molar-refractivity contribution in [2.75, 3.05) is 32.1 Å². The van der Waals surface area contributed by atoms with Gasteiger partial charge >= 0.3 is 6.18 Å². The smallest absolute Gasteiger partial charge is 0.422 e. The Kier molecular flexibility index (Phi) is 4.75. The van der Waals surface area contributed by atoms with Crippen LogP contribution in [0.25, 0.3) is 0 Å². The van der Waals surface area contributed by atoms with Gasteiger partial charge in [-0.1, -0.05) is 12.1 Å². The number of likely N-dealkylation sites (tertiary alicyclic amines) is 1. The van der Waals surface area contributed by atoms with Crippen LogP contribution in [0.1, 0.15) is 12.8 Å². The fourth-order valence-electron chi connectivity index (χ4n) is 2.38. The molecule has 1 atom stereocenters. The molecule has 1 aliphatic heterocycles. The molecule has 1 heterocycles.